The first-order valence-corrected chi connectivity index (χ1v) is 8.66. The van der Waals surface area contributed by atoms with E-state index in [2.05, 4.69) is 16.3 Å². The van der Waals surface area contributed by atoms with Gasteiger partial charge in [0.05, 0.1) is 12.8 Å². The molecule has 1 fully saturated rings. The van der Waals surface area contributed by atoms with Gasteiger partial charge in [-0.15, -0.1) is 0 Å². The van der Waals surface area contributed by atoms with Crippen LogP contribution in [-0.2, 0) is 0 Å². The average Bonchev–Trinajstić information content (AvgIpc) is 2.63. The summed E-state index contributed by atoms with van der Waals surface area (Å²) in [6.07, 6.45) is 3.98. The zero-order chi connectivity index (χ0) is 16.8. The van der Waals surface area contributed by atoms with E-state index in [9.17, 15) is 4.39 Å². The second kappa shape index (κ2) is 8.15. The van der Waals surface area contributed by atoms with Crippen molar-refractivity contribution in [2.24, 2.45) is 0 Å². The van der Waals surface area contributed by atoms with Crippen LogP contribution >= 0.6 is 0 Å². The van der Waals surface area contributed by atoms with Gasteiger partial charge in [0.2, 0.25) is 0 Å². The Morgan fingerprint density at radius 1 is 1.00 bits per heavy atom. The van der Waals surface area contributed by atoms with Gasteiger partial charge >= 0.3 is 0 Å². The summed E-state index contributed by atoms with van der Waals surface area (Å²) in [4.78, 5) is 2.51. The monoisotopic (exact) mass is 328 g/mol. The summed E-state index contributed by atoms with van der Waals surface area (Å²) in [7, 11) is 1.68. The molecule has 0 unspecified atom stereocenters. The molecule has 128 valence electrons. The minimum absolute atomic E-state index is 0.216. The van der Waals surface area contributed by atoms with Gasteiger partial charge in [-0.3, -0.25) is 0 Å². The number of nitrogens with one attached hydrogen (secondary N) is 1. The number of halogens is 1. The molecule has 0 radical (unpaired) electrons. The Labute approximate surface area is 143 Å². The van der Waals surface area contributed by atoms with Crippen LogP contribution in [0.1, 0.15) is 19.3 Å². The molecule has 1 aliphatic rings. The van der Waals surface area contributed by atoms with Crippen LogP contribution in [0.25, 0.3) is 11.1 Å². The molecular weight excluding hydrogens is 303 g/mol. The standard InChI is InChI=1S/C20H25FN2O/c1-24-20-10-7-17(16-5-8-18(21)9-6-16)15-19(20)22-11-14-23-12-3-2-4-13-23/h5-10,15,22H,2-4,11-14H2,1H3. The molecule has 0 saturated carbocycles. The molecule has 0 amide bonds. The van der Waals surface area contributed by atoms with E-state index < -0.39 is 0 Å². The molecule has 3 rings (SSSR count). The Balaban J connectivity index is 1.68. The maximum absolute atomic E-state index is 13.1. The molecule has 1 saturated heterocycles. The summed E-state index contributed by atoms with van der Waals surface area (Å²) in [5.41, 5.74) is 3.03. The van der Waals surface area contributed by atoms with Gasteiger partial charge in [0.15, 0.2) is 0 Å². The van der Waals surface area contributed by atoms with Gasteiger partial charge in [-0.2, -0.15) is 0 Å². The van der Waals surface area contributed by atoms with Crippen LogP contribution in [0.15, 0.2) is 42.5 Å². The van der Waals surface area contributed by atoms with Crippen molar-refractivity contribution < 1.29 is 9.13 Å². The third-order valence-corrected chi connectivity index (χ3v) is 4.57. The van der Waals surface area contributed by atoms with E-state index in [0.717, 1.165) is 35.7 Å². The van der Waals surface area contributed by atoms with Crippen molar-refractivity contribution in [1.82, 2.24) is 4.90 Å². The largest absolute Gasteiger partial charge is 0.495 e. The first kappa shape index (κ1) is 16.8. The maximum atomic E-state index is 13.1. The number of hydrogen-bond acceptors (Lipinski definition) is 3. The highest BCUT2D eigenvalue weighted by molar-refractivity contribution is 5.72. The summed E-state index contributed by atoms with van der Waals surface area (Å²) >= 11 is 0. The lowest BCUT2D eigenvalue weighted by Gasteiger charge is -2.26. The smallest absolute Gasteiger partial charge is 0.141 e. The molecule has 24 heavy (non-hydrogen) atoms. The molecule has 0 spiro atoms. The lowest BCUT2D eigenvalue weighted by atomic mass is 10.0. The molecule has 1 heterocycles. The Hall–Kier alpha value is -2.07. The van der Waals surface area contributed by atoms with Crippen LogP contribution in [0, 0.1) is 5.82 Å². The first-order chi connectivity index (χ1) is 11.8. The van der Waals surface area contributed by atoms with E-state index in [1.807, 2.05) is 12.1 Å². The quantitative estimate of drug-likeness (QED) is 0.850. The third kappa shape index (κ3) is 4.26. The molecule has 3 nitrogen and oxygen atoms in total. The average molecular weight is 328 g/mol. The molecule has 2 aromatic rings. The fourth-order valence-corrected chi connectivity index (χ4v) is 3.20. The van der Waals surface area contributed by atoms with Crippen molar-refractivity contribution in [2.45, 2.75) is 19.3 Å². The van der Waals surface area contributed by atoms with Crippen molar-refractivity contribution in [2.75, 3.05) is 38.6 Å². The predicted molar refractivity (Wildman–Crippen MR) is 97.2 cm³/mol. The molecule has 1 aliphatic heterocycles. The van der Waals surface area contributed by atoms with E-state index >= 15 is 0 Å². The van der Waals surface area contributed by atoms with Gasteiger partial charge in [-0.1, -0.05) is 24.6 Å². The summed E-state index contributed by atoms with van der Waals surface area (Å²) in [6, 6.07) is 12.6. The number of rotatable bonds is 6. The zero-order valence-corrected chi connectivity index (χ0v) is 14.2. The molecular formula is C20H25FN2O. The van der Waals surface area contributed by atoms with Crippen molar-refractivity contribution in [3.8, 4) is 16.9 Å². The van der Waals surface area contributed by atoms with Crippen molar-refractivity contribution in [3.63, 3.8) is 0 Å². The van der Waals surface area contributed by atoms with Gasteiger partial charge in [-0.25, -0.2) is 4.39 Å². The van der Waals surface area contributed by atoms with Crippen molar-refractivity contribution in [3.05, 3.63) is 48.3 Å². The SMILES string of the molecule is COc1ccc(-c2ccc(F)cc2)cc1NCCN1CCCCC1. The Kier molecular flexibility index (Phi) is 5.70. The van der Waals surface area contributed by atoms with Crippen LogP contribution in [0.4, 0.5) is 10.1 Å². The number of hydrogen-bond donors (Lipinski definition) is 1. The summed E-state index contributed by atoms with van der Waals surface area (Å²) < 4.78 is 18.6. The predicted octanol–water partition coefficient (Wildman–Crippen LogP) is 4.40. The number of nitrogens with zero attached hydrogens (tertiary/aromatic N) is 1. The highest BCUT2D eigenvalue weighted by atomic mass is 19.1. The number of methoxy groups -OCH3 is 1. The van der Waals surface area contributed by atoms with Gasteiger partial charge in [-0.05, 0) is 61.3 Å². The van der Waals surface area contributed by atoms with Crippen LogP contribution in [0.3, 0.4) is 0 Å². The fraction of sp³-hybridized carbons (Fsp3) is 0.400. The highest BCUT2D eigenvalue weighted by Gasteiger charge is 2.10. The topological polar surface area (TPSA) is 24.5 Å². The lowest BCUT2D eigenvalue weighted by molar-refractivity contribution is 0.237. The van der Waals surface area contributed by atoms with Crippen LogP contribution in [-0.4, -0.2) is 38.2 Å². The molecule has 0 aromatic heterocycles. The van der Waals surface area contributed by atoms with Gasteiger partial charge in [0, 0.05) is 13.1 Å². The van der Waals surface area contributed by atoms with E-state index in [1.54, 1.807) is 19.2 Å². The Morgan fingerprint density at radius 2 is 1.71 bits per heavy atom. The van der Waals surface area contributed by atoms with Crippen molar-refractivity contribution in [1.29, 1.82) is 0 Å². The highest BCUT2D eigenvalue weighted by Crippen LogP contribution is 2.30. The number of piperidine rings is 1. The maximum Gasteiger partial charge on any atom is 0.141 e. The molecule has 2 aromatic carbocycles. The van der Waals surface area contributed by atoms with E-state index in [0.29, 0.717) is 0 Å². The fourth-order valence-electron chi connectivity index (χ4n) is 3.20. The minimum atomic E-state index is -0.216. The Morgan fingerprint density at radius 3 is 2.42 bits per heavy atom. The van der Waals surface area contributed by atoms with E-state index in [4.69, 9.17) is 4.74 Å². The lowest BCUT2D eigenvalue weighted by Crippen LogP contribution is -2.33. The normalized spacial score (nSPS) is 15.2. The molecule has 4 heteroatoms. The molecule has 1 N–H and O–H groups in total. The molecule has 0 atom stereocenters. The van der Waals surface area contributed by atoms with Gasteiger partial charge in [0.1, 0.15) is 11.6 Å². The second-order valence-electron chi connectivity index (χ2n) is 6.25. The number of ether oxygens (including phenoxy) is 1. The summed E-state index contributed by atoms with van der Waals surface area (Å²) in [5, 5.41) is 3.49. The second-order valence-corrected chi connectivity index (χ2v) is 6.25. The van der Waals surface area contributed by atoms with E-state index in [1.165, 1.54) is 44.5 Å². The van der Waals surface area contributed by atoms with Crippen LogP contribution < -0.4 is 10.1 Å². The van der Waals surface area contributed by atoms with Gasteiger partial charge < -0.3 is 15.0 Å². The first-order valence-electron chi connectivity index (χ1n) is 8.66. The molecule has 0 aliphatic carbocycles. The summed E-state index contributed by atoms with van der Waals surface area (Å²) in [6.45, 7) is 4.34. The van der Waals surface area contributed by atoms with Gasteiger partial charge in [0.25, 0.3) is 0 Å². The number of benzene rings is 2. The number of anilines is 1. The van der Waals surface area contributed by atoms with Crippen LogP contribution in [0.5, 0.6) is 5.75 Å². The molecule has 0 bridgehead atoms. The minimum Gasteiger partial charge on any atom is -0.495 e. The zero-order valence-electron chi connectivity index (χ0n) is 14.2. The summed E-state index contributed by atoms with van der Waals surface area (Å²) in [5.74, 6) is 0.617. The number of likely N-dealkylation sites (tertiary alicyclic amines) is 1. The van der Waals surface area contributed by atoms with E-state index in [-0.39, 0.29) is 5.82 Å². The van der Waals surface area contributed by atoms with Crippen molar-refractivity contribution >= 4 is 5.69 Å². The van der Waals surface area contributed by atoms with Crippen LogP contribution in [0.2, 0.25) is 0 Å². The Bertz CT molecular complexity index is 651. The third-order valence-electron chi connectivity index (χ3n) is 4.57.